The number of ether oxygens (including phenoxy) is 1. The predicted molar refractivity (Wildman–Crippen MR) is 115 cm³/mol. The van der Waals surface area contributed by atoms with E-state index in [2.05, 4.69) is 40.4 Å². The van der Waals surface area contributed by atoms with Gasteiger partial charge in [-0.2, -0.15) is 5.10 Å². The monoisotopic (exact) mass is 384 g/mol. The number of unbranched alkanes of at least 4 members (excludes halogenated alkanes) is 1. The molecule has 2 aromatic rings. The minimum Gasteiger partial charge on any atom is -0.491 e. The van der Waals surface area contributed by atoms with E-state index in [0.29, 0.717) is 11.8 Å². The van der Waals surface area contributed by atoms with Crippen LogP contribution in [0.3, 0.4) is 0 Å². The van der Waals surface area contributed by atoms with Crippen molar-refractivity contribution in [3.63, 3.8) is 0 Å². The van der Waals surface area contributed by atoms with E-state index >= 15 is 0 Å². The van der Waals surface area contributed by atoms with Crippen LogP contribution in [-0.4, -0.2) is 42.4 Å². The first kappa shape index (κ1) is 19.7. The maximum Gasteiger partial charge on any atom is 0.145 e. The topological polar surface area (TPSA) is 50.6 Å². The lowest BCUT2D eigenvalue weighted by Gasteiger charge is -2.20. The first-order chi connectivity index (χ1) is 13.9. The molecule has 2 aliphatic heterocycles. The Morgan fingerprint density at radius 1 is 1.04 bits per heavy atom. The number of fused-ring (bicyclic) bond motifs is 1. The molecule has 2 aliphatic rings. The maximum atomic E-state index is 6.26. The summed E-state index contributed by atoms with van der Waals surface area (Å²) in [4.78, 5) is 0. The van der Waals surface area contributed by atoms with E-state index in [1.54, 1.807) is 0 Å². The second kappa shape index (κ2) is 9.75. The van der Waals surface area contributed by atoms with Crippen molar-refractivity contribution in [1.29, 1.82) is 0 Å². The minimum absolute atomic E-state index is 0.560. The summed E-state index contributed by atoms with van der Waals surface area (Å²) >= 11 is 0. The van der Waals surface area contributed by atoms with Gasteiger partial charge < -0.3 is 15.4 Å². The van der Waals surface area contributed by atoms with E-state index in [9.17, 15) is 0 Å². The number of nitrogens with zero attached hydrogens (tertiary/aromatic N) is 2. The Balaban J connectivity index is 1.77. The molecular formula is C23H36N4O. The lowest BCUT2D eigenvalue weighted by Crippen LogP contribution is -2.15. The van der Waals surface area contributed by atoms with Crippen LogP contribution in [0.2, 0.25) is 0 Å². The van der Waals surface area contributed by atoms with Gasteiger partial charge in [-0.05, 0) is 89.2 Å². The molecule has 5 nitrogen and oxygen atoms in total. The molecule has 2 unspecified atom stereocenters. The van der Waals surface area contributed by atoms with Crippen molar-refractivity contribution < 1.29 is 4.74 Å². The average Bonchev–Trinajstić information content (AvgIpc) is 2.93. The highest BCUT2D eigenvalue weighted by atomic mass is 16.5. The quantitative estimate of drug-likeness (QED) is 0.732. The molecule has 4 rings (SSSR count). The van der Waals surface area contributed by atoms with Gasteiger partial charge in [0.15, 0.2) is 0 Å². The molecule has 2 fully saturated rings. The standard InChI is InChI=1S/C23H36N4O/c1-2-3-17-28-20-9-6-16-27-23(20)21(18-7-4-12-24-14-10-18)22(26-27)19-8-5-13-25-15-11-19/h6,9,16,18-19,24-25H,2-5,7-8,10-15,17H2,1H3. The van der Waals surface area contributed by atoms with Crippen LogP contribution in [0.5, 0.6) is 5.75 Å². The molecule has 0 bridgehead atoms. The molecule has 0 aliphatic carbocycles. The third kappa shape index (κ3) is 4.36. The second-order valence-electron chi connectivity index (χ2n) is 8.42. The summed E-state index contributed by atoms with van der Waals surface area (Å²) in [5.74, 6) is 2.16. The molecule has 4 heterocycles. The van der Waals surface area contributed by atoms with E-state index in [0.717, 1.165) is 51.4 Å². The molecule has 0 saturated carbocycles. The van der Waals surface area contributed by atoms with E-state index in [-0.39, 0.29) is 0 Å². The van der Waals surface area contributed by atoms with Crippen molar-refractivity contribution in [2.45, 2.75) is 70.1 Å². The van der Waals surface area contributed by atoms with Gasteiger partial charge in [0, 0.05) is 17.7 Å². The molecule has 5 heteroatoms. The number of hydrogen-bond donors (Lipinski definition) is 2. The van der Waals surface area contributed by atoms with Gasteiger partial charge in [-0.15, -0.1) is 0 Å². The summed E-state index contributed by atoms with van der Waals surface area (Å²) in [7, 11) is 0. The zero-order valence-electron chi connectivity index (χ0n) is 17.4. The molecular weight excluding hydrogens is 348 g/mol. The molecule has 0 radical (unpaired) electrons. The van der Waals surface area contributed by atoms with Crippen LogP contribution >= 0.6 is 0 Å². The molecule has 0 aromatic carbocycles. The van der Waals surface area contributed by atoms with Crippen LogP contribution in [0, 0.1) is 0 Å². The Labute approximate surface area is 169 Å². The van der Waals surface area contributed by atoms with Crippen LogP contribution < -0.4 is 15.4 Å². The summed E-state index contributed by atoms with van der Waals surface area (Å²) in [5, 5.41) is 12.3. The van der Waals surface area contributed by atoms with Crippen LogP contribution in [0.15, 0.2) is 18.3 Å². The first-order valence-corrected chi connectivity index (χ1v) is 11.4. The van der Waals surface area contributed by atoms with Crippen LogP contribution in [0.25, 0.3) is 5.52 Å². The number of aromatic nitrogens is 2. The summed E-state index contributed by atoms with van der Waals surface area (Å²) in [6, 6.07) is 4.22. The molecule has 0 amide bonds. The van der Waals surface area contributed by atoms with Crippen molar-refractivity contribution in [2.24, 2.45) is 0 Å². The van der Waals surface area contributed by atoms with Gasteiger partial charge in [0.25, 0.3) is 0 Å². The summed E-state index contributed by atoms with van der Waals surface area (Å²) < 4.78 is 8.37. The van der Waals surface area contributed by atoms with Crippen molar-refractivity contribution in [2.75, 3.05) is 32.8 Å². The van der Waals surface area contributed by atoms with Crippen LogP contribution in [0.1, 0.15) is 81.4 Å². The summed E-state index contributed by atoms with van der Waals surface area (Å²) in [5.41, 5.74) is 4.07. The highest BCUT2D eigenvalue weighted by Gasteiger charge is 2.29. The number of rotatable bonds is 6. The minimum atomic E-state index is 0.560. The maximum absolute atomic E-state index is 6.26. The van der Waals surface area contributed by atoms with Gasteiger partial charge in [-0.1, -0.05) is 13.3 Å². The Morgan fingerprint density at radius 2 is 1.79 bits per heavy atom. The van der Waals surface area contributed by atoms with E-state index < -0.39 is 0 Å². The zero-order chi connectivity index (χ0) is 19.2. The number of pyridine rings is 1. The van der Waals surface area contributed by atoms with Gasteiger partial charge >= 0.3 is 0 Å². The fourth-order valence-electron chi connectivity index (χ4n) is 4.86. The number of hydrogen-bond acceptors (Lipinski definition) is 4. The van der Waals surface area contributed by atoms with E-state index in [1.807, 2.05) is 0 Å². The van der Waals surface area contributed by atoms with Crippen LogP contribution in [-0.2, 0) is 0 Å². The molecule has 2 saturated heterocycles. The molecule has 154 valence electrons. The van der Waals surface area contributed by atoms with Crippen molar-refractivity contribution >= 4 is 5.52 Å². The fourth-order valence-corrected chi connectivity index (χ4v) is 4.86. The summed E-state index contributed by atoms with van der Waals surface area (Å²) in [6.07, 6.45) is 11.7. The average molecular weight is 385 g/mol. The van der Waals surface area contributed by atoms with Gasteiger partial charge in [0.05, 0.1) is 12.3 Å². The van der Waals surface area contributed by atoms with Gasteiger partial charge in [-0.3, -0.25) is 0 Å². The van der Waals surface area contributed by atoms with E-state index in [1.165, 1.54) is 55.3 Å². The predicted octanol–water partition coefficient (Wildman–Crippen LogP) is 4.23. The second-order valence-corrected chi connectivity index (χ2v) is 8.42. The smallest absolute Gasteiger partial charge is 0.145 e. The van der Waals surface area contributed by atoms with Gasteiger partial charge in [-0.25, -0.2) is 4.52 Å². The zero-order valence-corrected chi connectivity index (χ0v) is 17.4. The molecule has 2 atom stereocenters. The largest absolute Gasteiger partial charge is 0.491 e. The normalized spacial score (nSPS) is 24.0. The van der Waals surface area contributed by atoms with Crippen LogP contribution in [0.4, 0.5) is 0 Å². The Bertz CT molecular complexity index is 740. The molecule has 2 aromatic heterocycles. The van der Waals surface area contributed by atoms with Gasteiger partial charge in [0.2, 0.25) is 0 Å². The molecule has 0 spiro atoms. The Morgan fingerprint density at radius 3 is 2.57 bits per heavy atom. The lowest BCUT2D eigenvalue weighted by molar-refractivity contribution is 0.311. The number of nitrogens with one attached hydrogen (secondary N) is 2. The Kier molecular flexibility index (Phi) is 6.86. The van der Waals surface area contributed by atoms with Crippen molar-refractivity contribution in [1.82, 2.24) is 20.2 Å². The highest BCUT2D eigenvalue weighted by molar-refractivity contribution is 5.68. The van der Waals surface area contributed by atoms with Gasteiger partial charge in [0.1, 0.15) is 11.3 Å². The Hall–Kier alpha value is -1.59. The fraction of sp³-hybridized carbons (Fsp3) is 0.696. The molecule has 2 N–H and O–H groups in total. The third-order valence-electron chi connectivity index (χ3n) is 6.39. The summed E-state index contributed by atoms with van der Waals surface area (Å²) in [6.45, 7) is 7.48. The highest BCUT2D eigenvalue weighted by Crippen LogP contribution is 2.41. The van der Waals surface area contributed by atoms with Crippen molar-refractivity contribution in [3.8, 4) is 5.75 Å². The third-order valence-corrected chi connectivity index (χ3v) is 6.39. The van der Waals surface area contributed by atoms with Crippen molar-refractivity contribution in [3.05, 3.63) is 29.6 Å². The SMILES string of the molecule is CCCCOc1cccn2nc(C3CCCNCC3)c(C3CCCNCC3)c12. The first-order valence-electron chi connectivity index (χ1n) is 11.4. The molecule has 28 heavy (non-hydrogen) atoms. The van der Waals surface area contributed by atoms with E-state index in [4.69, 9.17) is 9.84 Å². The lowest BCUT2D eigenvalue weighted by atomic mass is 9.85.